The number of fused-ring (bicyclic) bond motifs is 1. The topological polar surface area (TPSA) is 76.2 Å². The van der Waals surface area contributed by atoms with Gasteiger partial charge in [0.15, 0.2) is 0 Å². The summed E-state index contributed by atoms with van der Waals surface area (Å²) in [5.74, 6) is 0.739. The molecule has 2 rings (SSSR count). The van der Waals surface area contributed by atoms with Gasteiger partial charge in [-0.1, -0.05) is 6.92 Å². The van der Waals surface area contributed by atoms with Gasteiger partial charge in [-0.15, -0.1) is 0 Å². The maximum atomic E-state index is 11.6. The Kier molecular flexibility index (Phi) is 3.68. The van der Waals surface area contributed by atoms with Gasteiger partial charge >= 0.3 is 0 Å². The number of nitrogens with two attached hydrogens (primary N) is 1. The van der Waals surface area contributed by atoms with Crippen molar-refractivity contribution < 1.29 is 4.79 Å². The molecule has 1 aliphatic heterocycles. The summed E-state index contributed by atoms with van der Waals surface area (Å²) in [5, 5.41) is 3.18. The van der Waals surface area contributed by atoms with Crippen molar-refractivity contribution in [1.82, 2.24) is 19.8 Å². The van der Waals surface area contributed by atoms with Crippen molar-refractivity contribution in [1.29, 1.82) is 0 Å². The van der Waals surface area contributed by atoms with Gasteiger partial charge in [0, 0.05) is 32.0 Å². The molecule has 1 atom stereocenters. The highest BCUT2D eigenvalue weighted by atomic mass is 16.1. The number of hydrogen-bond donors (Lipinski definition) is 2. The molecule has 1 aromatic heterocycles. The third kappa shape index (κ3) is 2.54. The second-order valence-corrected chi connectivity index (χ2v) is 4.97. The molecule has 0 spiro atoms. The minimum absolute atomic E-state index is 0.307. The monoisotopic (exact) mass is 251 g/mol. The molecule has 3 N–H and O–H groups in total. The molecule has 1 aromatic rings. The maximum absolute atomic E-state index is 11.6. The number of nitrogens with zero attached hydrogens (tertiary/aromatic N) is 3. The Morgan fingerprint density at radius 1 is 1.61 bits per heavy atom. The van der Waals surface area contributed by atoms with Crippen LogP contribution in [0.25, 0.3) is 0 Å². The lowest BCUT2D eigenvalue weighted by Crippen LogP contribution is -2.60. The molecule has 2 heterocycles. The van der Waals surface area contributed by atoms with E-state index in [0.717, 1.165) is 32.0 Å². The van der Waals surface area contributed by atoms with Crippen LogP contribution in [-0.2, 0) is 17.9 Å². The number of imidazole rings is 1. The van der Waals surface area contributed by atoms with E-state index in [9.17, 15) is 4.79 Å². The summed E-state index contributed by atoms with van der Waals surface area (Å²) in [6.45, 7) is 7.77. The van der Waals surface area contributed by atoms with Gasteiger partial charge in [-0.25, -0.2) is 4.98 Å². The number of amides is 1. The highest BCUT2D eigenvalue weighted by Gasteiger charge is 2.33. The molecule has 18 heavy (non-hydrogen) atoms. The Labute approximate surface area is 107 Å². The van der Waals surface area contributed by atoms with Gasteiger partial charge in [-0.3, -0.25) is 9.69 Å². The molecule has 1 aliphatic rings. The minimum Gasteiger partial charge on any atom is -0.368 e. The molecule has 0 fully saturated rings. The summed E-state index contributed by atoms with van der Waals surface area (Å²) >= 11 is 0. The quantitative estimate of drug-likeness (QED) is 0.743. The van der Waals surface area contributed by atoms with Crippen molar-refractivity contribution in [2.24, 2.45) is 5.73 Å². The third-order valence-corrected chi connectivity index (χ3v) is 3.47. The third-order valence-electron chi connectivity index (χ3n) is 3.47. The summed E-state index contributed by atoms with van der Waals surface area (Å²) in [5.41, 5.74) is 4.82. The van der Waals surface area contributed by atoms with Crippen molar-refractivity contribution >= 4 is 5.91 Å². The smallest absolute Gasteiger partial charge is 0.238 e. The summed E-state index contributed by atoms with van der Waals surface area (Å²) in [6, 6.07) is 0. The SMILES string of the molecule is CCNC(C)(CN1CCn2ccnc2C1)C(N)=O. The van der Waals surface area contributed by atoms with E-state index < -0.39 is 5.54 Å². The summed E-state index contributed by atoms with van der Waals surface area (Å²) in [7, 11) is 0. The van der Waals surface area contributed by atoms with E-state index >= 15 is 0 Å². The highest BCUT2D eigenvalue weighted by molar-refractivity contribution is 5.84. The zero-order valence-corrected chi connectivity index (χ0v) is 11.0. The molecule has 100 valence electrons. The number of carbonyl (C=O) groups is 1. The Morgan fingerprint density at radius 2 is 2.39 bits per heavy atom. The summed E-state index contributed by atoms with van der Waals surface area (Å²) < 4.78 is 2.14. The largest absolute Gasteiger partial charge is 0.368 e. The van der Waals surface area contributed by atoms with Crippen LogP contribution in [0, 0.1) is 0 Å². The number of hydrogen-bond acceptors (Lipinski definition) is 4. The van der Waals surface area contributed by atoms with Gasteiger partial charge in [-0.05, 0) is 13.5 Å². The van der Waals surface area contributed by atoms with Gasteiger partial charge in [0.05, 0.1) is 6.54 Å². The average Bonchev–Trinajstić information content (AvgIpc) is 2.76. The first kappa shape index (κ1) is 13.0. The minimum atomic E-state index is -0.677. The number of rotatable bonds is 5. The lowest BCUT2D eigenvalue weighted by molar-refractivity contribution is -0.124. The summed E-state index contributed by atoms with van der Waals surface area (Å²) in [6.07, 6.45) is 3.81. The van der Waals surface area contributed by atoms with Crippen molar-refractivity contribution in [3.63, 3.8) is 0 Å². The second-order valence-electron chi connectivity index (χ2n) is 4.97. The van der Waals surface area contributed by atoms with Crippen molar-refractivity contribution in [3.8, 4) is 0 Å². The molecular weight excluding hydrogens is 230 g/mol. The lowest BCUT2D eigenvalue weighted by atomic mass is 10.0. The van der Waals surface area contributed by atoms with E-state index in [1.165, 1.54) is 0 Å². The first-order chi connectivity index (χ1) is 8.55. The second kappa shape index (κ2) is 5.07. The Balaban J connectivity index is 2.03. The van der Waals surface area contributed by atoms with Gasteiger partial charge in [0.1, 0.15) is 11.4 Å². The van der Waals surface area contributed by atoms with Crippen LogP contribution >= 0.6 is 0 Å². The molecule has 0 saturated carbocycles. The van der Waals surface area contributed by atoms with Crippen LogP contribution in [0.15, 0.2) is 12.4 Å². The molecule has 1 unspecified atom stereocenters. The van der Waals surface area contributed by atoms with E-state index in [1.807, 2.05) is 26.2 Å². The predicted molar refractivity (Wildman–Crippen MR) is 68.8 cm³/mol. The van der Waals surface area contributed by atoms with Crippen LogP contribution in [-0.4, -0.2) is 45.5 Å². The van der Waals surface area contributed by atoms with Gasteiger partial charge in [0.25, 0.3) is 0 Å². The fourth-order valence-corrected chi connectivity index (χ4v) is 2.42. The fraction of sp³-hybridized carbons (Fsp3) is 0.667. The molecular formula is C12H21N5O. The standard InChI is InChI=1S/C12H21N5O/c1-3-15-12(2,11(13)18)9-16-6-7-17-5-4-14-10(17)8-16/h4-5,15H,3,6-9H2,1-2H3,(H2,13,18). The molecule has 0 bridgehead atoms. The van der Waals surface area contributed by atoms with E-state index in [0.29, 0.717) is 6.54 Å². The van der Waals surface area contributed by atoms with E-state index in [-0.39, 0.29) is 5.91 Å². The molecule has 6 nitrogen and oxygen atoms in total. The van der Waals surface area contributed by atoms with Crippen LogP contribution in [0.1, 0.15) is 19.7 Å². The van der Waals surface area contributed by atoms with Crippen molar-refractivity contribution in [2.45, 2.75) is 32.5 Å². The molecule has 0 aromatic carbocycles. The van der Waals surface area contributed by atoms with Crippen LogP contribution in [0.4, 0.5) is 0 Å². The van der Waals surface area contributed by atoms with Crippen molar-refractivity contribution in [2.75, 3.05) is 19.6 Å². The summed E-state index contributed by atoms with van der Waals surface area (Å²) in [4.78, 5) is 18.1. The fourth-order valence-electron chi connectivity index (χ4n) is 2.42. The van der Waals surface area contributed by atoms with Crippen LogP contribution < -0.4 is 11.1 Å². The number of carbonyl (C=O) groups excluding carboxylic acids is 1. The Bertz CT molecular complexity index is 430. The van der Waals surface area contributed by atoms with Gasteiger partial charge in [-0.2, -0.15) is 0 Å². The number of likely N-dealkylation sites (N-methyl/N-ethyl adjacent to an activating group) is 1. The van der Waals surface area contributed by atoms with Crippen LogP contribution in [0.3, 0.4) is 0 Å². The van der Waals surface area contributed by atoms with E-state index in [2.05, 4.69) is 19.8 Å². The molecule has 1 amide bonds. The molecule has 0 aliphatic carbocycles. The number of nitrogens with one attached hydrogen (secondary N) is 1. The van der Waals surface area contributed by atoms with Crippen LogP contribution in [0.5, 0.6) is 0 Å². The first-order valence-corrected chi connectivity index (χ1v) is 6.32. The molecule has 0 saturated heterocycles. The molecule has 0 radical (unpaired) electrons. The number of aromatic nitrogens is 2. The van der Waals surface area contributed by atoms with E-state index in [4.69, 9.17) is 5.73 Å². The predicted octanol–water partition coefficient (Wildman–Crippen LogP) is -0.448. The zero-order chi connectivity index (χ0) is 13.2. The van der Waals surface area contributed by atoms with Crippen molar-refractivity contribution in [3.05, 3.63) is 18.2 Å². The van der Waals surface area contributed by atoms with Gasteiger partial charge in [0.2, 0.25) is 5.91 Å². The maximum Gasteiger partial charge on any atom is 0.238 e. The lowest BCUT2D eigenvalue weighted by Gasteiger charge is -2.35. The first-order valence-electron chi connectivity index (χ1n) is 6.32. The Hall–Kier alpha value is -1.40. The van der Waals surface area contributed by atoms with Crippen LogP contribution in [0.2, 0.25) is 0 Å². The Morgan fingerprint density at radius 3 is 3.06 bits per heavy atom. The normalized spacial score (nSPS) is 19.2. The number of primary amides is 1. The average molecular weight is 251 g/mol. The highest BCUT2D eigenvalue weighted by Crippen LogP contribution is 2.14. The zero-order valence-electron chi connectivity index (χ0n) is 11.0. The van der Waals surface area contributed by atoms with Gasteiger partial charge < -0.3 is 15.6 Å². The van der Waals surface area contributed by atoms with E-state index in [1.54, 1.807) is 0 Å². The molecule has 6 heteroatoms.